The van der Waals surface area contributed by atoms with Gasteiger partial charge in [-0.25, -0.2) is 0 Å². The monoisotopic (exact) mass is 308 g/mol. The Balaban J connectivity index is 2.11. The van der Waals surface area contributed by atoms with Gasteiger partial charge >= 0.3 is 0 Å². The highest BCUT2D eigenvalue weighted by Crippen LogP contribution is 2.30. The molecule has 1 saturated heterocycles. The highest BCUT2D eigenvalue weighted by molar-refractivity contribution is 5.79. The number of carbonyl (C=O) groups excluding carboxylic acids is 1. The normalized spacial score (nSPS) is 23.8. The largest absolute Gasteiger partial charge is 0.367 e. The van der Waals surface area contributed by atoms with E-state index in [2.05, 4.69) is 18.9 Å². The average Bonchev–Trinajstić information content (AvgIpc) is 2.91. The van der Waals surface area contributed by atoms with E-state index in [1.807, 2.05) is 31.3 Å². The number of nitrogens with zero attached hydrogens (tertiary/aromatic N) is 3. The van der Waals surface area contributed by atoms with E-state index in [1.54, 1.807) is 4.68 Å². The first-order valence-corrected chi connectivity index (χ1v) is 7.97. The van der Waals surface area contributed by atoms with E-state index < -0.39 is 5.60 Å². The zero-order valence-corrected chi connectivity index (χ0v) is 14.1. The molecule has 1 fully saturated rings. The first-order chi connectivity index (χ1) is 10.4. The summed E-state index contributed by atoms with van der Waals surface area (Å²) >= 11 is 0. The molecule has 0 unspecified atom stereocenters. The van der Waals surface area contributed by atoms with Gasteiger partial charge in [-0.1, -0.05) is 13.8 Å². The van der Waals surface area contributed by atoms with Crippen molar-refractivity contribution in [3.8, 4) is 0 Å². The number of carbonyl (C=O) groups is 1. The fraction of sp³-hybridized carbons (Fsp3) is 0.750. The number of nitrogens with two attached hydrogens (primary N) is 1. The standard InChI is InChI=1S/C16H28N4O2/c1-12(2)7-13(8-17)15(21)20-5-6-22-16(3,11-20)14-9-18-19(4)10-14/h9-10,12-13H,5-8,11,17H2,1-4H3/t13-,16-/m1/s1. The quantitative estimate of drug-likeness (QED) is 0.884. The molecule has 2 rings (SSSR count). The summed E-state index contributed by atoms with van der Waals surface area (Å²) in [5.41, 5.74) is 6.32. The SMILES string of the molecule is CC(C)C[C@H](CN)C(=O)N1CCO[C@@](C)(c2cnn(C)c2)C1. The van der Waals surface area contributed by atoms with Gasteiger partial charge in [0.1, 0.15) is 5.60 Å². The summed E-state index contributed by atoms with van der Waals surface area (Å²) in [6.45, 7) is 8.37. The van der Waals surface area contributed by atoms with Crippen molar-refractivity contribution in [2.24, 2.45) is 24.6 Å². The van der Waals surface area contributed by atoms with Crippen LogP contribution in [0, 0.1) is 11.8 Å². The minimum absolute atomic E-state index is 0.101. The number of rotatable bonds is 5. The van der Waals surface area contributed by atoms with Crippen LogP contribution in [0.4, 0.5) is 0 Å². The first kappa shape index (κ1) is 17.0. The predicted molar refractivity (Wildman–Crippen MR) is 85.1 cm³/mol. The Morgan fingerprint density at radius 3 is 2.82 bits per heavy atom. The van der Waals surface area contributed by atoms with Crippen molar-refractivity contribution >= 4 is 5.91 Å². The molecular formula is C16H28N4O2. The molecule has 0 radical (unpaired) electrons. The molecule has 1 aliphatic rings. The number of aryl methyl sites for hydroxylation is 1. The molecule has 0 saturated carbocycles. The maximum atomic E-state index is 12.8. The number of morpholine rings is 1. The van der Waals surface area contributed by atoms with Gasteiger partial charge in [0.15, 0.2) is 0 Å². The summed E-state index contributed by atoms with van der Waals surface area (Å²) in [6.07, 6.45) is 4.58. The Morgan fingerprint density at radius 1 is 1.55 bits per heavy atom. The Morgan fingerprint density at radius 2 is 2.27 bits per heavy atom. The van der Waals surface area contributed by atoms with Gasteiger partial charge in [-0.3, -0.25) is 9.48 Å². The van der Waals surface area contributed by atoms with E-state index in [0.717, 1.165) is 12.0 Å². The van der Waals surface area contributed by atoms with Crippen molar-refractivity contribution in [3.05, 3.63) is 18.0 Å². The molecular weight excluding hydrogens is 280 g/mol. The Kier molecular flexibility index (Phi) is 5.24. The van der Waals surface area contributed by atoms with Gasteiger partial charge in [-0.2, -0.15) is 5.10 Å². The lowest BCUT2D eigenvalue weighted by Gasteiger charge is -2.41. The molecule has 0 aromatic carbocycles. The van der Waals surface area contributed by atoms with Crippen LogP contribution in [-0.2, 0) is 22.2 Å². The van der Waals surface area contributed by atoms with Crippen molar-refractivity contribution in [2.75, 3.05) is 26.2 Å². The van der Waals surface area contributed by atoms with Gasteiger partial charge in [0.05, 0.1) is 25.3 Å². The van der Waals surface area contributed by atoms with Crippen LogP contribution in [-0.4, -0.2) is 46.8 Å². The summed E-state index contributed by atoms with van der Waals surface area (Å²) in [5, 5.41) is 4.21. The molecule has 0 spiro atoms. The lowest BCUT2D eigenvalue weighted by atomic mass is 9.93. The smallest absolute Gasteiger partial charge is 0.227 e. The molecule has 124 valence electrons. The molecule has 2 N–H and O–H groups in total. The van der Waals surface area contributed by atoms with Gasteiger partial charge in [0.25, 0.3) is 0 Å². The van der Waals surface area contributed by atoms with Crippen LogP contribution in [0.25, 0.3) is 0 Å². The van der Waals surface area contributed by atoms with Gasteiger partial charge in [0, 0.05) is 31.9 Å². The maximum Gasteiger partial charge on any atom is 0.227 e. The second-order valence-corrected chi connectivity index (χ2v) is 6.80. The third-order valence-corrected chi connectivity index (χ3v) is 4.29. The zero-order chi connectivity index (χ0) is 16.3. The summed E-state index contributed by atoms with van der Waals surface area (Å²) < 4.78 is 7.72. The Hall–Kier alpha value is -1.40. The van der Waals surface area contributed by atoms with Crippen molar-refractivity contribution in [1.29, 1.82) is 0 Å². The van der Waals surface area contributed by atoms with Crippen LogP contribution < -0.4 is 5.73 Å². The average molecular weight is 308 g/mol. The fourth-order valence-electron chi connectivity index (χ4n) is 3.05. The summed E-state index contributed by atoms with van der Waals surface area (Å²) in [7, 11) is 1.88. The summed E-state index contributed by atoms with van der Waals surface area (Å²) in [6, 6.07) is 0. The predicted octanol–water partition coefficient (Wildman–Crippen LogP) is 1.12. The second kappa shape index (κ2) is 6.79. The first-order valence-electron chi connectivity index (χ1n) is 7.97. The van der Waals surface area contributed by atoms with Crippen LogP contribution in [0.3, 0.4) is 0 Å². The van der Waals surface area contributed by atoms with Crippen molar-refractivity contribution in [1.82, 2.24) is 14.7 Å². The minimum atomic E-state index is -0.501. The van der Waals surface area contributed by atoms with Crippen LogP contribution >= 0.6 is 0 Å². The topological polar surface area (TPSA) is 73.4 Å². The molecule has 0 aliphatic carbocycles. The van der Waals surface area contributed by atoms with Gasteiger partial charge in [-0.05, 0) is 19.3 Å². The van der Waals surface area contributed by atoms with E-state index in [1.165, 1.54) is 0 Å². The van der Waals surface area contributed by atoms with Crippen molar-refractivity contribution < 1.29 is 9.53 Å². The molecule has 1 aliphatic heterocycles. The minimum Gasteiger partial charge on any atom is -0.367 e. The Labute approximate surface area is 132 Å². The molecule has 6 nitrogen and oxygen atoms in total. The van der Waals surface area contributed by atoms with Crippen molar-refractivity contribution in [2.45, 2.75) is 32.8 Å². The third kappa shape index (κ3) is 3.67. The number of hydrogen-bond acceptors (Lipinski definition) is 4. The molecule has 22 heavy (non-hydrogen) atoms. The lowest BCUT2D eigenvalue weighted by Crippen LogP contribution is -2.52. The lowest BCUT2D eigenvalue weighted by molar-refractivity contribution is -0.153. The molecule has 2 heterocycles. The zero-order valence-electron chi connectivity index (χ0n) is 14.1. The molecule has 0 bridgehead atoms. The van der Waals surface area contributed by atoms with Gasteiger partial charge in [-0.15, -0.1) is 0 Å². The third-order valence-electron chi connectivity index (χ3n) is 4.29. The second-order valence-electron chi connectivity index (χ2n) is 6.80. The Bertz CT molecular complexity index is 514. The highest BCUT2D eigenvalue weighted by atomic mass is 16.5. The molecule has 6 heteroatoms. The number of aromatic nitrogens is 2. The maximum absolute atomic E-state index is 12.8. The molecule has 2 atom stereocenters. The van der Waals surface area contributed by atoms with E-state index in [4.69, 9.17) is 10.5 Å². The summed E-state index contributed by atoms with van der Waals surface area (Å²) in [4.78, 5) is 14.7. The van der Waals surface area contributed by atoms with Crippen LogP contribution in [0.2, 0.25) is 0 Å². The number of amides is 1. The van der Waals surface area contributed by atoms with E-state index in [0.29, 0.717) is 32.2 Å². The van der Waals surface area contributed by atoms with Crippen LogP contribution in [0.5, 0.6) is 0 Å². The van der Waals surface area contributed by atoms with Crippen LogP contribution in [0.1, 0.15) is 32.8 Å². The molecule has 1 amide bonds. The van der Waals surface area contributed by atoms with Gasteiger partial charge in [0.2, 0.25) is 5.91 Å². The van der Waals surface area contributed by atoms with E-state index in [9.17, 15) is 4.79 Å². The van der Waals surface area contributed by atoms with E-state index in [-0.39, 0.29) is 11.8 Å². The fourth-order valence-corrected chi connectivity index (χ4v) is 3.05. The number of hydrogen-bond donors (Lipinski definition) is 1. The highest BCUT2D eigenvalue weighted by Gasteiger charge is 2.38. The molecule has 1 aromatic rings. The van der Waals surface area contributed by atoms with Crippen LogP contribution in [0.15, 0.2) is 12.4 Å². The van der Waals surface area contributed by atoms with Gasteiger partial charge < -0.3 is 15.4 Å². The van der Waals surface area contributed by atoms with Crippen molar-refractivity contribution in [3.63, 3.8) is 0 Å². The van der Waals surface area contributed by atoms with E-state index >= 15 is 0 Å². The number of ether oxygens (including phenoxy) is 1. The summed E-state index contributed by atoms with van der Waals surface area (Å²) in [5.74, 6) is 0.508. The molecule has 1 aromatic heterocycles.